The number of hydrogen-bond donors (Lipinski definition) is 1. The first-order valence-corrected chi connectivity index (χ1v) is 6.31. The summed E-state index contributed by atoms with van der Waals surface area (Å²) in [7, 11) is 1.63. The second-order valence-corrected chi connectivity index (χ2v) is 4.41. The number of nitrogens with zero attached hydrogens (tertiary/aromatic N) is 4. The van der Waals surface area contributed by atoms with Gasteiger partial charge in [0.05, 0.1) is 18.4 Å². The highest BCUT2D eigenvalue weighted by molar-refractivity contribution is 5.59. The number of fused-ring (bicyclic) bond motifs is 1. The summed E-state index contributed by atoms with van der Waals surface area (Å²) in [5.41, 5.74) is 8.33. The summed E-state index contributed by atoms with van der Waals surface area (Å²) in [6, 6.07) is 7.50. The van der Waals surface area contributed by atoms with Crippen LogP contribution in [0.5, 0.6) is 5.75 Å². The monoisotopic (exact) mass is 279 g/mol. The maximum atomic E-state index is 6.07. The van der Waals surface area contributed by atoms with Crippen molar-refractivity contribution < 1.29 is 4.74 Å². The SMILES string of the molecule is COc1ccc(C#Cc2c(C)nc3ncnn3c2N)cc1. The first-order valence-electron chi connectivity index (χ1n) is 6.31. The van der Waals surface area contributed by atoms with E-state index in [4.69, 9.17) is 10.5 Å². The summed E-state index contributed by atoms with van der Waals surface area (Å²) in [6.45, 7) is 1.85. The number of nitrogens with two attached hydrogens (primary N) is 1. The maximum absolute atomic E-state index is 6.07. The van der Waals surface area contributed by atoms with Crippen LogP contribution in [0.15, 0.2) is 30.6 Å². The number of ether oxygens (including phenoxy) is 1. The van der Waals surface area contributed by atoms with Crippen molar-refractivity contribution in [1.82, 2.24) is 19.6 Å². The van der Waals surface area contributed by atoms with Crippen LogP contribution in [0.2, 0.25) is 0 Å². The minimum Gasteiger partial charge on any atom is -0.497 e. The van der Waals surface area contributed by atoms with Crippen molar-refractivity contribution in [1.29, 1.82) is 0 Å². The lowest BCUT2D eigenvalue weighted by atomic mass is 10.2. The number of rotatable bonds is 1. The van der Waals surface area contributed by atoms with E-state index < -0.39 is 0 Å². The van der Waals surface area contributed by atoms with Gasteiger partial charge in [-0.25, -0.2) is 4.98 Å². The summed E-state index contributed by atoms with van der Waals surface area (Å²) >= 11 is 0. The summed E-state index contributed by atoms with van der Waals surface area (Å²) < 4.78 is 6.59. The first-order chi connectivity index (χ1) is 10.2. The van der Waals surface area contributed by atoms with Gasteiger partial charge in [-0.2, -0.15) is 14.6 Å². The fraction of sp³-hybridized carbons (Fsp3) is 0.133. The number of benzene rings is 1. The van der Waals surface area contributed by atoms with Gasteiger partial charge in [-0.3, -0.25) is 0 Å². The van der Waals surface area contributed by atoms with E-state index >= 15 is 0 Å². The Morgan fingerprint density at radius 1 is 1.19 bits per heavy atom. The quantitative estimate of drug-likeness (QED) is 0.682. The zero-order chi connectivity index (χ0) is 14.8. The topological polar surface area (TPSA) is 78.3 Å². The first kappa shape index (κ1) is 12.9. The molecule has 0 saturated carbocycles. The molecule has 21 heavy (non-hydrogen) atoms. The molecule has 6 heteroatoms. The molecule has 3 rings (SSSR count). The highest BCUT2D eigenvalue weighted by Gasteiger charge is 2.09. The van der Waals surface area contributed by atoms with Crippen LogP contribution in [-0.4, -0.2) is 26.7 Å². The highest BCUT2D eigenvalue weighted by Crippen LogP contribution is 2.15. The van der Waals surface area contributed by atoms with E-state index in [1.807, 2.05) is 31.2 Å². The van der Waals surface area contributed by atoms with Gasteiger partial charge in [0.25, 0.3) is 5.78 Å². The third-order valence-electron chi connectivity index (χ3n) is 3.07. The number of hydrogen-bond acceptors (Lipinski definition) is 5. The van der Waals surface area contributed by atoms with E-state index in [0.29, 0.717) is 17.2 Å². The third kappa shape index (κ3) is 2.37. The van der Waals surface area contributed by atoms with Gasteiger partial charge in [0.15, 0.2) is 0 Å². The normalized spacial score (nSPS) is 10.2. The molecule has 6 nitrogen and oxygen atoms in total. The summed E-state index contributed by atoms with van der Waals surface area (Å²) in [5, 5.41) is 4.03. The Morgan fingerprint density at radius 2 is 1.95 bits per heavy atom. The smallest absolute Gasteiger partial charge is 0.254 e. The second kappa shape index (κ2) is 5.13. The molecular formula is C15H13N5O. The van der Waals surface area contributed by atoms with Crippen molar-refractivity contribution in [2.24, 2.45) is 0 Å². The summed E-state index contributed by atoms with van der Waals surface area (Å²) in [5.74, 6) is 7.82. The van der Waals surface area contributed by atoms with Crippen LogP contribution in [-0.2, 0) is 0 Å². The fourth-order valence-electron chi connectivity index (χ4n) is 1.94. The predicted octanol–water partition coefficient (Wildman–Crippen LogP) is 1.42. The van der Waals surface area contributed by atoms with Gasteiger partial charge in [0, 0.05) is 5.56 Å². The van der Waals surface area contributed by atoms with Crippen LogP contribution in [0.1, 0.15) is 16.8 Å². The molecule has 0 unspecified atom stereocenters. The van der Waals surface area contributed by atoms with E-state index in [2.05, 4.69) is 26.9 Å². The molecule has 2 aromatic heterocycles. The van der Waals surface area contributed by atoms with Gasteiger partial charge in [0.1, 0.15) is 17.9 Å². The Labute approximate surface area is 121 Å². The van der Waals surface area contributed by atoms with Crippen LogP contribution >= 0.6 is 0 Å². The maximum Gasteiger partial charge on any atom is 0.254 e. The molecule has 0 amide bonds. The number of nitrogen functional groups attached to an aromatic ring is 1. The number of aryl methyl sites for hydroxylation is 1. The van der Waals surface area contributed by atoms with Gasteiger partial charge in [-0.1, -0.05) is 11.8 Å². The largest absolute Gasteiger partial charge is 0.497 e. The minimum atomic E-state index is 0.441. The Bertz CT molecular complexity index is 855. The molecule has 0 aliphatic carbocycles. The Kier molecular flexibility index (Phi) is 3.16. The van der Waals surface area contributed by atoms with E-state index in [9.17, 15) is 0 Å². The number of anilines is 1. The molecule has 1 aromatic carbocycles. The molecule has 0 aliphatic rings. The average molecular weight is 279 g/mol. The van der Waals surface area contributed by atoms with Gasteiger partial charge in [-0.05, 0) is 31.2 Å². The van der Waals surface area contributed by atoms with Gasteiger partial charge in [0.2, 0.25) is 0 Å². The molecule has 2 heterocycles. The van der Waals surface area contributed by atoms with Crippen LogP contribution in [0.25, 0.3) is 5.78 Å². The zero-order valence-electron chi connectivity index (χ0n) is 11.7. The van der Waals surface area contributed by atoms with Crippen LogP contribution in [0.3, 0.4) is 0 Å². The number of methoxy groups -OCH3 is 1. The molecule has 2 N–H and O–H groups in total. The van der Waals surface area contributed by atoms with Gasteiger partial charge < -0.3 is 10.5 Å². The van der Waals surface area contributed by atoms with E-state index in [0.717, 1.165) is 17.0 Å². The van der Waals surface area contributed by atoms with Crippen molar-refractivity contribution in [3.05, 3.63) is 47.4 Å². The molecule has 0 saturated heterocycles. The summed E-state index contributed by atoms with van der Waals surface area (Å²) in [4.78, 5) is 8.34. The molecule has 3 aromatic rings. The molecule has 0 aliphatic heterocycles. The van der Waals surface area contributed by atoms with Crippen molar-refractivity contribution in [3.8, 4) is 17.6 Å². The van der Waals surface area contributed by atoms with Gasteiger partial charge in [-0.15, -0.1) is 0 Å². The van der Waals surface area contributed by atoms with Crippen LogP contribution in [0, 0.1) is 18.8 Å². The minimum absolute atomic E-state index is 0.441. The standard InChI is InChI=1S/C15H13N5O/c1-10-13(14(16)20-15(19-10)17-9-18-20)8-5-11-3-6-12(21-2)7-4-11/h3-4,6-7,9H,16H2,1-2H3. The molecule has 104 valence electrons. The van der Waals surface area contributed by atoms with E-state index in [1.54, 1.807) is 7.11 Å². The van der Waals surface area contributed by atoms with Gasteiger partial charge >= 0.3 is 0 Å². The third-order valence-corrected chi connectivity index (χ3v) is 3.07. The molecule has 0 radical (unpaired) electrons. The van der Waals surface area contributed by atoms with Crippen molar-refractivity contribution in [3.63, 3.8) is 0 Å². The lowest BCUT2D eigenvalue weighted by molar-refractivity contribution is 0.415. The van der Waals surface area contributed by atoms with E-state index in [1.165, 1.54) is 10.8 Å². The molecule has 0 bridgehead atoms. The number of aromatic nitrogens is 4. The zero-order valence-corrected chi connectivity index (χ0v) is 11.7. The van der Waals surface area contributed by atoms with Crippen molar-refractivity contribution in [2.45, 2.75) is 6.92 Å². The Hall–Kier alpha value is -3.07. The Morgan fingerprint density at radius 3 is 2.67 bits per heavy atom. The van der Waals surface area contributed by atoms with E-state index in [-0.39, 0.29) is 0 Å². The Balaban J connectivity index is 2.03. The average Bonchev–Trinajstić information content (AvgIpc) is 2.96. The molecule has 0 spiro atoms. The molecule has 0 fully saturated rings. The summed E-state index contributed by atoms with van der Waals surface area (Å²) in [6.07, 6.45) is 1.42. The molecule has 0 atom stereocenters. The molecular weight excluding hydrogens is 266 g/mol. The van der Waals surface area contributed by atoms with Crippen LogP contribution in [0.4, 0.5) is 5.82 Å². The lowest BCUT2D eigenvalue weighted by Gasteiger charge is -2.03. The second-order valence-electron chi connectivity index (χ2n) is 4.41. The van der Waals surface area contributed by atoms with Crippen molar-refractivity contribution >= 4 is 11.6 Å². The predicted molar refractivity (Wildman–Crippen MR) is 78.9 cm³/mol. The van der Waals surface area contributed by atoms with Crippen molar-refractivity contribution in [2.75, 3.05) is 12.8 Å². The van der Waals surface area contributed by atoms with Crippen LogP contribution < -0.4 is 10.5 Å². The lowest BCUT2D eigenvalue weighted by Crippen LogP contribution is -2.06. The fourth-order valence-corrected chi connectivity index (χ4v) is 1.94. The highest BCUT2D eigenvalue weighted by atomic mass is 16.5.